The van der Waals surface area contributed by atoms with E-state index >= 15 is 0 Å². The maximum atomic E-state index is 14.6. The molecular formula is C43H56N6O11. The summed E-state index contributed by atoms with van der Waals surface area (Å²) in [5.74, 6) is -6.21. The molecule has 5 N–H and O–H groups in total. The third-order valence-corrected chi connectivity index (χ3v) is 11.2. The lowest BCUT2D eigenvalue weighted by Crippen LogP contribution is -2.58. The molecule has 2 aliphatic heterocycles. The first-order chi connectivity index (χ1) is 28.7. The van der Waals surface area contributed by atoms with Crippen LogP contribution in [0.15, 0.2) is 54.6 Å². The van der Waals surface area contributed by atoms with Gasteiger partial charge in [-0.2, -0.15) is 0 Å². The predicted molar refractivity (Wildman–Crippen MR) is 216 cm³/mol. The molecule has 3 unspecified atom stereocenters. The molecule has 0 radical (unpaired) electrons. The summed E-state index contributed by atoms with van der Waals surface area (Å²) in [6.07, 6.45) is 1.77. The molecule has 17 nitrogen and oxygen atoms in total. The molecule has 0 aromatic heterocycles. The maximum absolute atomic E-state index is 14.6. The van der Waals surface area contributed by atoms with Gasteiger partial charge in [0, 0.05) is 33.5 Å². The molecule has 1 saturated heterocycles. The van der Waals surface area contributed by atoms with Gasteiger partial charge in [0.1, 0.15) is 23.9 Å². The second-order valence-corrected chi connectivity index (χ2v) is 15.8. The summed E-state index contributed by atoms with van der Waals surface area (Å²) in [5.41, 5.74) is 1.19. The number of carboxylic acids is 1. The highest BCUT2D eigenvalue weighted by Gasteiger charge is 2.46. The molecule has 2 fully saturated rings. The standard InChI is InChI=1S/C43H56N6O11/c1-4-10-32(38(52)40(54)44-24-35(51)47-36(41(55)48(2)3)27-12-6-5-7-13-27)45-39(53)33-23-31-25-49(33)42(56)37(28-15-17-29(18-16-28)43(57)58)46-34(50)22-26-11-8-14-30(21-26)59-19-9-20-60-31/h5-8,11-14,21,28-29,31-33,36-37H,4,9-10,15-20,22-25H2,1-3H3,(H,44,54)(H,45,53)(H,46,50)(H,47,51)(H,57,58)/t28?,29?,31?,32?,33?,36-,37-/m0/s1. The fourth-order valence-corrected chi connectivity index (χ4v) is 7.96. The van der Waals surface area contributed by atoms with E-state index < -0.39 is 95.8 Å². The van der Waals surface area contributed by atoms with E-state index in [1.54, 1.807) is 75.6 Å². The lowest BCUT2D eigenvalue weighted by atomic mass is 9.78. The summed E-state index contributed by atoms with van der Waals surface area (Å²) in [7, 11) is 3.09. The Kier molecular flexibility index (Phi) is 16.2. The van der Waals surface area contributed by atoms with Crippen LogP contribution in [0, 0.1) is 11.8 Å². The molecule has 60 heavy (non-hydrogen) atoms. The van der Waals surface area contributed by atoms with Gasteiger partial charge in [0.15, 0.2) is 0 Å². The fourth-order valence-electron chi connectivity index (χ4n) is 7.96. The Bertz CT molecular complexity index is 1880. The number of nitrogens with one attached hydrogen (secondary N) is 4. The normalized spacial score (nSPS) is 23.2. The SMILES string of the molecule is CCCC(NC(=O)C1CC2CN1C(=O)[C@H](C1CCC(C(=O)O)CC1)NC(=O)Cc1cccc(c1)OCCCO2)C(=O)C(=O)NCC(=O)N[C@H](C(=O)N(C)C)c1ccccc1. The largest absolute Gasteiger partial charge is 0.493 e. The van der Waals surface area contributed by atoms with Crippen molar-refractivity contribution in [3.05, 3.63) is 65.7 Å². The van der Waals surface area contributed by atoms with Crippen molar-refractivity contribution in [1.29, 1.82) is 0 Å². The minimum atomic E-state index is -1.30. The van der Waals surface area contributed by atoms with Crippen molar-refractivity contribution in [1.82, 2.24) is 31.1 Å². The molecule has 1 saturated carbocycles. The number of carbonyl (C=O) groups excluding carboxylic acids is 7. The topological polar surface area (TPSA) is 230 Å². The monoisotopic (exact) mass is 832 g/mol. The average molecular weight is 833 g/mol. The fraction of sp³-hybridized carbons (Fsp3) is 0.535. The minimum Gasteiger partial charge on any atom is -0.493 e. The van der Waals surface area contributed by atoms with Crippen LogP contribution in [0.1, 0.15) is 75.5 Å². The number of amides is 6. The second kappa shape index (κ2) is 21.4. The predicted octanol–water partition coefficient (Wildman–Crippen LogP) is 1.29. The van der Waals surface area contributed by atoms with Crippen molar-refractivity contribution >= 4 is 47.2 Å². The number of benzene rings is 2. The quantitative estimate of drug-likeness (QED) is 0.181. The number of fused-ring (bicyclic) bond motifs is 4. The first-order valence-corrected chi connectivity index (χ1v) is 20.6. The van der Waals surface area contributed by atoms with Crippen LogP contribution >= 0.6 is 0 Å². The summed E-state index contributed by atoms with van der Waals surface area (Å²) in [6, 6.07) is 11.1. The smallest absolute Gasteiger partial charge is 0.306 e. The van der Waals surface area contributed by atoms with E-state index in [-0.39, 0.29) is 32.4 Å². The Morgan fingerprint density at radius 1 is 0.950 bits per heavy atom. The molecule has 2 aromatic carbocycles. The molecular weight excluding hydrogens is 777 g/mol. The third-order valence-electron chi connectivity index (χ3n) is 11.2. The molecule has 5 rings (SSSR count). The summed E-state index contributed by atoms with van der Waals surface area (Å²) in [5, 5.41) is 20.1. The number of ether oxygens (including phenoxy) is 2. The Morgan fingerprint density at radius 2 is 1.68 bits per heavy atom. The second-order valence-electron chi connectivity index (χ2n) is 15.8. The number of ketones is 1. The molecule has 2 heterocycles. The number of carboxylic acid groups (broad SMARTS) is 1. The number of Topliss-reactive ketones (excluding diaryl/α,β-unsaturated/α-hetero) is 1. The molecule has 0 spiro atoms. The summed E-state index contributed by atoms with van der Waals surface area (Å²) < 4.78 is 12.0. The van der Waals surface area contributed by atoms with Gasteiger partial charge < -0.3 is 45.6 Å². The number of hydrogen-bond donors (Lipinski definition) is 5. The molecule has 6 amide bonds. The van der Waals surface area contributed by atoms with Crippen LogP contribution in [0.5, 0.6) is 5.75 Å². The van der Waals surface area contributed by atoms with Crippen LogP contribution in [-0.4, -0.2) is 127 Å². The average Bonchev–Trinajstić information content (AvgIpc) is 3.67. The Labute approximate surface area is 349 Å². The summed E-state index contributed by atoms with van der Waals surface area (Å²) in [4.78, 5) is 109. The van der Waals surface area contributed by atoms with Gasteiger partial charge in [-0.1, -0.05) is 55.8 Å². The molecule has 1 aliphatic carbocycles. The zero-order valence-electron chi connectivity index (χ0n) is 34.4. The van der Waals surface area contributed by atoms with Gasteiger partial charge in [-0.15, -0.1) is 0 Å². The highest BCUT2D eigenvalue weighted by atomic mass is 16.5. The van der Waals surface area contributed by atoms with Gasteiger partial charge >= 0.3 is 5.97 Å². The van der Waals surface area contributed by atoms with E-state index in [0.717, 1.165) is 0 Å². The van der Waals surface area contributed by atoms with Crippen LogP contribution in [0.4, 0.5) is 0 Å². The summed E-state index contributed by atoms with van der Waals surface area (Å²) >= 11 is 0. The van der Waals surface area contributed by atoms with Gasteiger partial charge in [0.25, 0.3) is 5.91 Å². The number of rotatable bonds is 13. The van der Waals surface area contributed by atoms with Crippen molar-refractivity contribution < 1.29 is 52.9 Å². The van der Waals surface area contributed by atoms with E-state index in [1.807, 2.05) is 0 Å². The molecule has 2 aromatic rings. The van der Waals surface area contributed by atoms with E-state index in [0.29, 0.717) is 62.0 Å². The van der Waals surface area contributed by atoms with Crippen LogP contribution in [0.3, 0.4) is 0 Å². The minimum absolute atomic E-state index is 0.00987. The zero-order chi connectivity index (χ0) is 43.3. The van der Waals surface area contributed by atoms with Crippen molar-refractivity contribution in [3.63, 3.8) is 0 Å². The van der Waals surface area contributed by atoms with E-state index in [4.69, 9.17) is 9.47 Å². The van der Waals surface area contributed by atoms with E-state index in [1.165, 1.54) is 9.80 Å². The van der Waals surface area contributed by atoms with Gasteiger partial charge in [-0.3, -0.25) is 38.4 Å². The van der Waals surface area contributed by atoms with Crippen LogP contribution < -0.4 is 26.0 Å². The Morgan fingerprint density at radius 3 is 2.37 bits per heavy atom. The summed E-state index contributed by atoms with van der Waals surface area (Å²) in [6.45, 7) is 1.74. The number of carbonyl (C=O) groups is 8. The first-order valence-electron chi connectivity index (χ1n) is 20.6. The zero-order valence-corrected chi connectivity index (χ0v) is 34.4. The van der Waals surface area contributed by atoms with Gasteiger partial charge in [-0.25, -0.2) is 0 Å². The molecule has 3 aliphatic rings. The van der Waals surface area contributed by atoms with E-state index in [9.17, 15) is 43.5 Å². The molecule has 5 atom stereocenters. The number of likely N-dealkylation sites (N-methyl/N-ethyl adjacent to an activating group) is 1. The molecule has 4 bridgehead atoms. The maximum Gasteiger partial charge on any atom is 0.306 e. The highest BCUT2D eigenvalue weighted by molar-refractivity contribution is 6.38. The number of nitrogens with zero attached hydrogens (tertiary/aromatic N) is 2. The van der Waals surface area contributed by atoms with Crippen LogP contribution in [0.25, 0.3) is 0 Å². The molecule has 17 heteroatoms. The lowest BCUT2D eigenvalue weighted by Gasteiger charge is -2.36. The van der Waals surface area contributed by atoms with Gasteiger partial charge in [0.2, 0.25) is 35.3 Å². The van der Waals surface area contributed by atoms with Gasteiger partial charge in [-0.05, 0) is 61.3 Å². The Balaban J connectivity index is 1.30. The number of aliphatic carboxylic acids is 1. The van der Waals surface area contributed by atoms with Crippen molar-refractivity contribution in [2.75, 3.05) is 40.4 Å². The van der Waals surface area contributed by atoms with Crippen LogP contribution in [0.2, 0.25) is 0 Å². The van der Waals surface area contributed by atoms with Crippen LogP contribution in [-0.2, 0) is 49.5 Å². The van der Waals surface area contributed by atoms with Crippen molar-refractivity contribution in [2.24, 2.45) is 11.8 Å². The number of hydrogen-bond acceptors (Lipinski definition) is 10. The highest BCUT2D eigenvalue weighted by Crippen LogP contribution is 2.33. The lowest BCUT2D eigenvalue weighted by molar-refractivity contribution is -0.146. The van der Waals surface area contributed by atoms with Crippen molar-refractivity contribution in [3.8, 4) is 5.75 Å². The van der Waals surface area contributed by atoms with E-state index in [2.05, 4.69) is 21.3 Å². The third kappa shape index (κ3) is 12.1. The van der Waals surface area contributed by atoms with Gasteiger partial charge in [0.05, 0.1) is 44.2 Å². The molecule has 324 valence electrons. The van der Waals surface area contributed by atoms with Crippen molar-refractivity contribution in [2.45, 2.75) is 95.0 Å². The first kappa shape index (κ1) is 45.2. The Hall–Kier alpha value is -5.84.